The Morgan fingerprint density at radius 3 is 1.70 bits per heavy atom. The fourth-order valence-electron chi connectivity index (χ4n) is 1.90. The van der Waals surface area contributed by atoms with Crippen molar-refractivity contribution in [2.45, 2.75) is 66.1 Å². The molecule has 0 unspecified atom stereocenters. The van der Waals surface area contributed by atoms with E-state index >= 15 is 0 Å². The zero-order chi connectivity index (χ0) is 17.8. The summed E-state index contributed by atoms with van der Waals surface area (Å²) in [5.41, 5.74) is -0.209. The van der Waals surface area contributed by atoms with Crippen molar-refractivity contribution >= 4 is 17.4 Å². The van der Waals surface area contributed by atoms with Gasteiger partial charge in [0.2, 0.25) is 5.91 Å². The summed E-state index contributed by atoms with van der Waals surface area (Å²) in [7, 11) is 0. The lowest BCUT2D eigenvalue weighted by atomic mass is 10.1. The molecule has 0 saturated heterocycles. The molecule has 1 aromatic rings. The van der Waals surface area contributed by atoms with E-state index in [-0.39, 0.29) is 29.3 Å². The van der Waals surface area contributed by atoms with Crippen LogP contribution in [0.25, 0.3) is 0 Å². The van der Waals surface area contributed by atoms with Gasteiger partial charge in [0, 0.05) is 23.9 Å². The molecule has 5 heteroatoms. The molecule has 1 aromatic carbocycles. The van der Waals surface area contributed by atoms with Gasteiger partial charge in [-0.05, 0) is 48.5 Å². The van der Waals surface area contributed by atoms with Gasteiger partial charge < -0.3 is 14.8 Å². The van der Waals surface area contributed by atoms with Crippen LogP contribution in [-0.2, 0) is 9.59 Å². The van der Waals surface area contributed by atoms with Crippen LogP contribution in [0, 0.1) is 0 Å². The highest BCUT2D eigenvalue weighted by atomic mass is 16.5. The third kappa shape index (κ3) is 8.24. The molecule has 0 fully saturated rings. The van der Waals surface area contributed by atoms with Gasteiger partial charge in [0.15, 0.2) is 0 Å². The minimum absolute atomic E-state index is 0.153. The Kier molecular flexibility index (Phi) is 5.81. The number of benzene rings is 1. The Morgan fingerprint density at radius 2 is 1.35 bits per heavy atom. The van der Waals surface area contributed by atoms with E-state index in [1.165, 1.54) is 6.92 Å². The molecule has 1 amide bonds. The quantitative estimate of drug-likeness (QED) is 0.834. The Balaban J connectivity index is 3.07. The second-order valence-corrected chi connectivity index (χ2v) is 7.55. The van der Waals surface area contributed by atoms with E-state index in [0.29, 0.717) is 17.2 Å². The maximum atomic E-state index is 11.8. The zero-order valence-electron chi connectivity index (χ0n) is 15.1. The first-order valence-electron chi connectivity index (χ1n) is 7.66. The van der Waals surface area contributed by atoms with Gasteiger partial charge in [-0.3, -0.25) is 9.59 Å². The second kappa shape index (κ2) is 7.02. The number of carbonyl (C=O) groups is 2. The maximum Gasteiger partial charge on any atom is 0.231 e. The number of nitrogens with one attached hydrogen (secondary N) is 1. The van der Waals surface area contributed by atoms with Crippen LogP contribution in [0.15, 0.2) is 18.2 Å². The van der Waals surface area contributed by atoms with Gasteiger partial charge in [0.05, 0.1) is 6.42 Å². The summed E-state index contributed by atoms with van der Waals surface area (Å²) in [5, 5.41) is 2.71. The number of hydrogen-bond donors (Lipinski definition) is 1. The van der Waals surface area contributed by atoms with Gasteiger partial charge in [0.1, 0.15) is 28.5 Å². The number of rotatable bonds is 5. The number of ether oxygens (including phenoxy) is 2. The van der Waals surface area contributed by atoms with Crippen molar-refractivity contribution in [2.24, 2.45) is 0 Å². The van der Waals surface area contributed by atoms with Gasteiger partial charge in [-0.2, -0.15) is 0 Å². The first-order valence-corrected chi connectivity index (χ1v) is 7.66. The summed E-state index contributed by atoms with van der Waals surface area (Å²) < 4.78 is 11.7. The lowest BCUT2D eigenvalue weighted by molar-refractivity contribution is -0.124. The molecule has 0 aliphatic rings. The highest BCUT2D eigenvalue weighted by Gasteiger charge is 2.17. The van der Waals surface area contributed by atoms with Crippen LogP contribution in [0.4, 0.5) is 5.69 Å². The van der Waals surface area contributed by atoms with Crippen LogP contribution >= 0.6 is 0 Å². The monoisotopic (exact) mass is 321 g/mol. The molecule has 0 aliphatic carbocycles. The zero-order valence-corrected chi connectivity index (χ0v) is 15.1. The van der Waals surface area contributed by atoms with Gasteiger partial charge in [-0.1, -0.05) is 0 Å². The van der Waals surface area contributed by atoms with Crippen molar-refractivity contribution in [1.29, 1.82) is 0 Å². The Morgan fingerprint density at radius 1 is 0.913 bits per heavy atom. The van der Waals surface area contributed by atoms with Gasteiger partial charge in [-0.15, -0.1) is 0 Å². The van der Waals surface area contributed by atoms with Crippen LogP contribution < -0.4 is 14.8 Å². The van der Waals surface area contributed by atoms with Gasteiger partial charge in [-0.25, -0.2) is 0 Å². The summed E-state index contributed by atoms with van der Waals surface area (Å²) in [5.74, 6) is 0.651. The second-order valence-electron chi connectivity index (χ2n) is 7.55. The summed E-state index contributed by atoms with van der Waals surface area (Å²) in [4.78, 5) is 22.8. The number of amides is 1. The molecule has 5 nitrogen and oxygen atoms in total. The summed E-state index contributed by atoms with van der Waals surface area (Å²) >= 11 is 0. The van der Waals surface area contributed by atoms with E-state index in [4.69, 9.17) is 9.47 Å². The van der Waals surface area contributed by atoms with Crippen LogP contribution in [0.2, 0.25) is 0 Å². The molecule has 0 bridgehead atoms. The van der Waals surface area contributed by atoms with Crippen molar-refractivity contribution in [3.63, 3.8) is 0 Å². The molecular weight excluding hydrogens is 294 g/mol. The molecule has 0 aromatic heterocycles. The average molecular weight is 321 g/mol. The summed E-state index contributed by atoms with van der Waals surface area (Å²) in [6.07, 6.45) is -0.153. The van der Waals surface area contributed by atoms with Gasteiger partial charge in [0.25, 0.3) is 0 Å². The minimum atomic E-state index is -0.374. The molecule has 0 spiro atoms. The first kappa shape index (κ1) is 19.0. The smallest absolute Gasteiger partial charge is 0.231 e. The summed E-state index contributed by atoms with van der Waals surface area (Å²) in [6.45, 7) is 13.0. The number of carbonyl (C=O) groups excluding carboxylic acids is 2. The summed E-state index contributed by atoms with van der Waals surface area (Å²) in [6, 6.07) is 5.23. The molecule has 1 N–H and O–H groups in total. The Bertz CT molecular complexity index is 545. The van der Waals surface area contributed by atoms with Crippen molar-refractivity contribution in [2.75, 3.05) is 5.32 Å². The Labute approximate surface area is 138 Å². The highest BCUT2D eigenvalue weighted by Crippen LogP contribution is 2.30. The number of hydrogen-bond acceptors (Lipinski definition) is 4. The molecule has 0 atom stereocenters. The van der Waals surface area contributed by atoms with Crippen LogP contribution in [0.5, 0.6) is 11.5 Å². The molecule has 1 rings (SSSR count). The van der Waals surface area contributed by atoms with E-state index in [1.807, 2.05) is 41.5 Å². The van der Waals surface area contributed by atoms with Crippen LogP contribution in [0.3, 0.4) is 0 Å². The fraction of sp³-hybridized carbons (Fsp3) is 0.556. The lowest BCUT2D eigenvalue weighted by Crippen LogP contribution is -2.24. The van der Waals surface area contributed by atoms with E-state index in [2.05, 4.69) is 5.32 Å². The predicted octanol–water partition coefficient (Wildman–Crippen LogP) is 3.96. The topological polar surface area (TPSA) is 64.6 Å². The average Bonchev–Trinajstić information content (AvgIpc) is 2.20. The van der Waals surface area contributed by atoms with Crippen molar-refractivity contribution in [3.05, 3.63) is 18.2 Å². The maximum absolute atomic E-state index is 11.8. The first-order chi connectivity index (χ1) is 10.3. The fourth-order valence-corrected chi connectivity index (χ4v) is 1.90. The molecule has 0 saturated carbocycles. The SMILES string of the molecule is CC(=O)CC(=O)Nc1cc(OC(C)(C)C)cc(OC(C)(C)C)c1. The predicted molar refractivity (Wildman–Crippen MR) is 91.1 cm³/mol. The molecular formula is C18H27NO4. The van der Waals surface area contributed by atoms with Crippen LogP contribution in [-0.4, -0.2) is 22.9 Å². The van der Waals surface area contributed by atoms with Crippen LogP contribution in [0.1, 0.15) is 54.9 Å². The molecule has 0 radical (unpaired) electrons. The Hall–Kier alpha value is -2.04. The van der Waals surface area contributed by atoms with E-state index in [0.717, 1.165) is 0 Å². The van der Waals surface area contributed by atoms with Gasteiger partial charge >= 0.3 is 0 Å². The van der Waals surface area contributed by atoms with E-state index < -0.39 is 0 Å². The van der Waals surface area contributed by atoms with E-state index in [9.17, 15) is 9.59 Å². The van der Waals surface area contributed by atoms with Crippen molar-refractivity contribution in [1.82, 2.24) is 0 Å². The minimum Gasteiger partial charge on any atom is -0.488 e. The molecule has 128 valence electrons. The standard InChI is InChI=1S/C18H27NO4/c1-12(20)8-16(21)19-13-9-14(22-17(2,3)4)11-15(10-13)23-18(5,6)7/h9-11H,8H2,1-7H3,(H,19,21). The molecule has 0 heterocycles. The largest absolute Gasteiger partial charge is 0.488 e. The third-order valence-electron chi connectivity index (χ3n) is 2.42. The normalized spacial score (nSPS) is 11.8. The molecule has 23 heavy (non-hydrogen) atoms. The number of Topliss-reactive ketones (excluding diaryl/α,β-unsaturated/α-hetero) is 1. The number of ketones is 1. The van der Waals surface area contributed by atoms with Crippen molar-refractivity contribution < 1.29 is 19.1 Å². The molecule has 0 aliphatic heterocycles. The lowest BCUT2D eigenvalue weighted by Gasteiger charge is -2.25. The van der Waals surface area contributed by atoms with E-state index in [1.54, 1.807) is 18.2 Å². The third-order valence-corrected chi connectivity index (χ3v) is 2.42. The highest BCUT2D eigenvalue weighted by molar-refractivity contribution is 6.03. The van der Waals surface area contributed by atoms with Crippen molar-refractivity contribution in [3.8, 4) is 11.5 Å². The number of anilines is 1.